The van der Waals surface area contributed by atoms with E-state index in [-0.39, 0.29) is 18.9 Å². The van der Waals surface area contributed by atoms with Crippen molar-refractivity contribution in [2.45, 2.75) is 55.3 Å². The van der Waals surface area contributed by atoms with Crippen LogP contribution in [0.2, 0.25) is 0 Å². The van der Waals surface area contributed by atoms with E-state index in [1.807, 2.05) is 44.2 Å². The zero-order chi connectivity index (χ0) is 21.4. The van der Waals surface area contributed by atoms with E-state index >= 15 is 0 Å². The molecule has 2 atom stereocenters. The molecule has 1 aromatic heterocycles. The lowest BCUT2D eigenvalue weighted by Gasteiger charge is -2.41. The average molecular weight is 430 g/mol. The molecule has 158 valence electrons. The molecular weight excluding hydrogens is 404 g/mol. The predicted octanol–water partition coefficient (Wildman–Crippen LogP) is 5.12. The van der Waals surface area contributed by atoms with Gasteiger partial charge < -0.3 is 5.11 Å². The normalized spacial score (nSPS) is 23.0. The number of aromatic nitrogens is 3. The van der Waals surface area contributed by atoms with Gasteiger partial charge in [0.1, 0.15) is 6.33 Å². The molecule has 4 nitrogen and oxygen atoms in total. The van der Waals surface area contributed by atoms with Gasteiger partial charge in [0.15, 0.2) is 16.8 Å². The summed E-state index contributed by atoms with van der Waals surface area (Å²) in [7, 11) is 0. The Kier molecular flexibility index (Phi) is 5.68. The van der Waals surface area contributed by atoms with E-state index in [1.165, 1.54) is 24.2 Å². The van der Waals surface area contributed by atoms with Crippen molar-refractivity contribution in [1.82, 2.24) is 14.8 Å². The Hall–Kier alpha value is -2.25. The summed E-state index contributed by atoms with van der Waals surface area (Å²) in [6, 6.07) is 14.1. The van der Waals surface area contributed by atoms with Crippen molar-refractivity contribution >= 4 is 11.8 Å². The molecule has 3 aromatic rings. The van der Waals surface area contributed by atoms with Gasteiger partial charge in [0.05, 0.1) is 12.1 Å². The van der Waals surface area contributed by atoms with E-state index in [0.717, 1.165) is 23.8 Å². The Balaban J connectivity index is 1.61. The van der Waals surface area contributed by atoms with Crippen LogP contribution < -0.4 is 0 Å². The van der Waals surface area contributed by atoms with Crippen LogP contribution in [0.1, 0.15) is 32.3 Å². The molecule has 1 aliphatic carbocycles. The fraction of sp³-hybridized carbons (Fsp3) is 0.391. The molecule has 0 aliphatic heterocycles. The molecular formula is C23H25F2N3OS. The number of hydrogen-bond acceptors (Lipinski definition) is 4. The van der Waals surface area contributed by atoms with Gasteiger partial charge in [-0.05, 0) is 54.4 Å². The Labute approximate surface area is 179 Å². The third kappa shape index (κ3) is 3.88. The highest BCUT2D eigenvalue weighted by Crippen LogP contribution is 2.52. The smallest absolute Gasteiger partial charge is 0.191 e. The zero-order valence-corrected chi connectivity index (χ0v) is 17.9. The van der Waals surface area contributed by atoms with Crippen LogP contribution in [-0.4, -0.2) is 25.5 Å². The molecule has 0 bridgehead atoms. The summed E-state index contributed by atoms with van der Waals surface area (Å²) in [6.07, 6.45) is 3.29. The van der Waals surface area contributed by atoms with Crippen LogP contribution in [0.4, 0.5) is 8.78 Å². The summed E-state index contributed by atoms with van der Waals surface area (Å²) in [5, 5.41) is 16.9. The van der Waals surface area contributed by atoms with Gasteiger partial charge in [0, 0.05) is 4.90 Å². The molecule has 1 saturated carbocycles. The van der Waals surface area contributed by atoms with Crippen molar-refractivity contribution in [1.29, 1.82) is 0 Å². The highest BCUT2D eigenvalue weighted by atomic mass is 32.2. The first kappa shape index (κ1) is 21.0. The largest absolute Gasteiger partial charge is 0.387 e. The van der Waals surface area contributed by atoms with Crippen molar-refractivity contribution in [3.8, 4) is 0 Å². The van der Waals surface area contributed by atoms with E-state index < -0.39 is 22.7 Å². The van der Waals surface area contributed by atoms with E-state index in [2.05, 4.69) is 10.1 Å². The minimum Gasteiger partial charge on any atom is -0.387 e. The minimum atomic E-state index is -1.13. The van der Waals surface area contributed by atoms with E-state index in [4.69, 9.17) is 0 Å². The highest BCUT2D eigenvalue weighted by molar-refractivity contribution is 7.99. The van der Waals surface area contributed by atoms with Crippen LogP contribution in [0.15, 0.2) is 64.9 Å². The number of hydrogen-bond donors (Lipinski definition) is 1. The second kappa shape index (κ2) is 8.12. The van der Waals surface area contributed by atoms with Gasteiger partial charge >= 0.3 is 0 Å². The van der Waals surface area contributed by atoms with Crippen LogP contribution in [0.3, 0.4) is 0 Å². The number of rotatable bonds is 6. The van der Waals surface area contributed by atoms with Crippen LogP contribution >= 0.6 is 11.8 Å². The second-order valence-electron chi connectivity index (χ2n) is 8.58. The summed E-state index contributed by atoms with van der Waals surface area (Å²) < 4.78 is 29.7. The van der Waals surface area contributed by atoms with Gasteiger partial charge in [0.25, 0.3) is 0 Å². The molecule has 0 amide bonds. The molecule has 1 N–H and O–H groups in total. The summed E-state index contributed by atoms with van der Waals surface area (Å²) in [5.41, 5.74) is -1.23. The van der Waals surface area contributed by atoms with Crippen molar-refractivity contribution < 1.29 is 13.9 Å². The van der Waals surface area contributed by atoms with Crippen LogP contribution in [0, 0.1) is 23.0 Å². The fourth-order valence-corrected chi connectivity index (χ4v) is 5.21. The molecule has 0 radical (unpaired) electrons. The lowest BCUT2D eigenvalue weighted by Crippen LogP contribution is -2.49. The molecule has 1 fully saturated rings. The van der Waals surface area contributed by atoms with Crippen molar-refractivity contribution in [3.63, 3.8) is 0 Å². The maximum atomic E-state index is 14.3. The topological polar surface area (TPSA) is 50.9 Å². The Bertz CT molecular complexity index is 1020. The molecule has 1 heterocycles. The van der Waals surface area contributed by atoms with Gasteiger partial charge in [-0.3, -0.25) is 0 Å². The Morgan fingerprint density at radius 2 is 1.90 bits per heavy atom. The lowest BCUT2D eigenvalue weighted by molar-refractivity contribution is -0.0924. The van der Waals surface area contributed by atoms with Gasteiger partial charge in [-0.25, -0.2) is 18.4 Å². The number of halogens is 2. The molecule has 30 heavy (non-hydrogen) atoms. The number of benzene rings is 2. The third-order valence-electron chi connectivity index (χ3n) is 6.39. The molecule has 0 spiro atoms. The molecule has 7 heteroatoms. The van der Waals surface area contributed by atoms with Crippen LogP contribution in [0.5, 0.6) is 0 Å². The maximum Gasteiger partial charge on any atom is 0.191 e. The number of nitrogens with zero attached hydrogens (tertiary/aromatic N) is 3. The quantitative estimate of drug-likeness (QED) is 0.591. The van der Waals surface area contributed by atoms with Gasteiger partial charge in [-0.15, -0.1) is 0 Å². The molecule has 2 unspecified atom stereocenters. The SMILES string of the molecule is CC1(C)CCC(Cc2cccc(F)c2F)C1(O)Cn1ncnc1Sc1ccccc1. The monoisotopic (exact) mass is 429 g/mol. The average Bonchev–Trinajstić information content (AvgIpc) is 3.23. The van der Waals surface area contributed by atoms with Crippen LogP contribution in [-0.2, 0) is 13.0 Å². The van der Waals surface area contributed by atoms with Gasteiger partial charge in [0.2, 0.25) is 0 Å². The van der Waals surface area contributed by atoms with E-state index in [0.29, 0.717) is 10.7 Å². The lowest BCUT2D eigenvalue weighted by atomic mass is 9.72. The maximum absolute atomic E-state index is 14.3. The molecule has 4 rings (SSSR count). The summed E-state index contributed by atoms with van der Waals surface area (Å²) in [5.74, 6) is -1.90. The first-order valence-electron chi connectivity index (χ1n) is 10.1. The molecule has 1 aliphatic rings. The van der Waals surface area contributed by atoms with E-state index in [1.54, 1.807) is 10.7 Å². The van der Waals surface area contributed by atoms with Crippen molar-refractivity contribution in [2.75, 3.05) is 0 Å². The standard InChI is InChI=1S/C23H25F2N3OS/c1-22(2)12-11-17(13-16-7-6-10-19(24)20(16)25)23(22,29)14-28-21(26-15-27-28)30-18-8-4-3-5-9-18/h3-10,15,17,29H,11-14H2,1-2H3. The highest BCUT2D eigenvalue weighted by Gasteiger charge is 2.54. The van der Waals surface area contributed by atoms with Gasteiger partial charge in [-0.2, -0.15) is 5.10 Å². The first-order valence-corrected chi connectivity index (χ1v) is 10.9. The fourth-order valence-electron chi connectivity index (χ4n) is 4.39. The van der Waals surface area contributed by atoms with Crippen molar-refractivity contribution in [3.05, 3.63) is 72.1 Å². The van der Waals surface area contributed by atoms with Crippen molar-refractivity contribution in [2.24, 2.45) is 11.3 Å². The zero-order valence-electron chi connectivity index (χ0n) is 17.1. The Morgan fingerprint density at radius 1 is 1.13 bits per heavy atom. The third-order valence-corrected chi connectivity index (χ3v) is 7.39. The minimum absolute atomic E-state index is 0.220. The first-order chi connectivity index (χ1) is 14.3. The summed E-state index contributed by atoms with van der Waals surface area (Å²) >= 11 is 1.48. The van der Waals surface area contributed by atoms with E-state index in [9.17, 15) is 13.9 Å². The second-order valence-corrected chi connectivity index (χ2v) is 9.62. The predicted molar refractivity (Wildman–Crippen MR) is 112 cm³/mol. The molecule has 0 saturated heterocycles. The summed E-state index contributed by atoms with van der Waals surface area (Å²) in [4.78, 5) is 5.39. The van der Waals surface area contributed by atoms with Crippen LogP contribution in [0.25, 0.3) is 0 Å². The summed E-state index contributed by atoms with van der Waals surface area (Å²) in [6.45, 7) is 4.29. The van der Waals surface area contributed by atoms with Gasteiger partial charge in [-0.1, -0.05) is 55.9 Å². The number of aliphatic hydroxyl groups is 1. The Morgan fingerprint density at radius 3 is 2.67 bits per heavy atom. The molecule has 2 aromatic carbocycles.